The summed E-state index contributed by atoms with van der Waals surface area (Å²) in [5.41, 5.74) is 6.64. The van der Waals surface area contributed by atoms with E-state index < -0.39 is 5.97 Å². The quantitative estimate of drug-likeness (QED) is 0.232. The summed E-state index contributed by atoms with van der Waals surface area (Å²) in [6.07, 6.45) is 4.02. The van der Waals surface area contributed by atoms with E-state index in [1.165, 1.54) is 35.1 Å². The van der Waals surface area contributed by atoms with Crippen LogP contribution < -0.4 is 4.74 Å². The Balaban J connectivity index is 1.82. The summed E-state index contributed by atoms with van der Waals surface area (Å²) >= 11 is 0. The van der Waals surface area contributed by atoms with Gasteiger partial charge in [0.05, 0.1) is 13.2 Å². The monoisotopic (exact) mass is 464 g/mol. The first-order valence-corrected chi connectivity index (χ1v) is 12.4. The molecule has 1 aliphatic rings. The van der Waals surface area contributed by atoms with Crippen molar-refractivity contribution in [2.45, 2.75) is 85.2 Å². The minimum Gasteiger partial charge on any atom is -0.487 e. The van der Waals surface area contributed by atoms with Gasteiger partial charge in [0.15, 0.2) is 0 Å². The molecular formula is C30H40O4. The Kier molecular flexibility index (Phi) is 7.80. The topological polar surface area (TPSA) is 44.8 Å². The molecule has 2 aromatic rings. The SMILES string of the molecule is CCOC(=O)C(=Cc1ccc(OC(C)c2cc3c(cc2C)C(C)(C)CCC3(C)C)cc1)OCC. The molecule has 4 nitrogen and oxygen atoms in total. The number of aryl methyl sites for hydroxylation is 1. The number of carbonyl (C=O) groups excluding carboxylic acids is 1. The van der Waals surface area contributed by atoms with Crippen LogP contribution >= 0.6 is 0 Å². The molecule has 0 radical (unpaired) electrons. The van der Waals surface area contributed by atoms with Gasteiger partial charge in [0.25, 0.3) is 0 Å². The van der Waals surface area contributed by atoms with Crippen LogP contribution in [0.4, 0.5) is 0 Å². The average molecular weight is 465 g/mol. The highest BCUT2D eigenvalue weighted by Crippen LogP contribution is 2.47. The summed E-state index contributed by atoms with van der Waals surface area (Å²) in [5, 5.41) is 0. The normalized spacial score (nSPS) is 17.5. The first-order valence-electron chi connectivity index (χ1n) is 12.4. The Morgan fingerprint density at radius 3 is 2.06 bits per heavy atom. The van der Waals surface area contributed by atoms with Crippen LogP contribution in [-0.2, 0) is 25.1 Å². The lowest BCUT2D eigenvalue weighted by Crippen LogP contribution is -2.34. The smallest absolute Gasteiger partial charge is 0.373 e. The van der Waals surface area contributed by atoms with Crippen LogP contribution in [0.25, 0.3) is 6.08 Å². The van der Waals surface area contributed by atoms with E-state index in [0.29, 0.717) is 13.2 Å². The fraction of sp³-hybridized carbons (Fsp3) is 0.500. The van der Waals surface area contributed by atoms with Crippen molar-refractivity contribution in [1.29, 1.82) is 0 Å². The van der Waals surface area contributed by atoms with E-state index in [2.05, 4.69) is 53.7 Å². The molecule has 1 atom stereocenters. The van der Waals surface area contributed by atoms with Crippen molar-refractivity contribution >= 4 is 12.0 Å². The summed E-state index contributed by atoms with van der Waals surface area (Å²) in [4.78, 5) is 12.1. The summed E-state index contributed by atoms with van der Waals surface area (Å²) in [5.74, 6) is 0.546. The van der Waals surface area contributed by atoms with Crippen molar-refractivity contribution < 1.29 is 19.0 Å². The first-order chi connectivity index (χ1) is 16.0. The van der Waals surface area contributed by atoms with Gasteiger partial charge in [-0.1, -0.05) is 52.0 Å². The maximum atomic E-state index is 12.1. The van der Waals surface area contributed by atoms with Crippen LogP contribution in [0.5, 0.6) is 5.75 Å². The van der Waals surface area contributed by atoms with Crippen molar-refractivity contribution in [2.24, 2.45) is 0 Å². The third-order valence-electron chi connectivity index (χ3n) is 6.94. The van der Waals surface area contributed by atoms with Gasteiger partial charge in [-0.3, -0.25) is 0 Å². The second kappa shape index (κ2) is 10.2. The molecule has 0 heterocycles. The summed E-state index contributed by atoms with van der Waals surface area (Å²) in [6.45, 7) is 18.0. The second-order valence-electron chi connectivity index (χ2n) is 10.5. The van der Waals surface area contributed by atoms with Gasteiger partial charge in [0, 0.05) is 0 Å². The number of carbonyl (C=O) groups is 1. The third-order valence-corrected chi connectivity index (χ3v) is 6.94. The Morgan fingerprint density at radius 1 is 0.941 bits per heavy atom. The van der Waals surface area contributed by atoms with Gasteiger partial charge in [0.1, 0.15) is 11.9 Å². The predicted octanol–water partition coefficient (Wildman–Crippen LogP) is 7.42. The molecule has 0 spiro atoms. The van der Waals surface area contributed by atoms with Crippen molar-refractivity contribution in [3.63, 3.8) is 0 Å². The van der Waals surface area contributed by atoms with Gasteiger partial charge in [-0.2, -0.15) is 0 Å². The fourth-order valence-electron chi connectivity index (χ4n) is 4.76. The lowest BCUT2D eigenvalue weighted by molar-refractivity contribution is -0.142. The fourth-order valence-corrected chi connectivity index (χ4v) is 4.76. The molecule has 184 valence electrons. The maximum absolute atomic E-state index is 12.1. The zero-order valence-corrected chi connectivity index (χ0v) is 22.1. The van der Waals surface area contributed by atoms with E-state index in [1.807, 2.05) is 31.2 Å². The van der Waals surface area contributed by atoms with Crippen LogP contribution in [0.15, 0.2) is 42.2 Å². The summed E-state index contributed by atoms with van der Waals surface area (Å²) < 4.78 is 16.9. The highest BCUT2D eigenvalue weighted by Gasteiger charge is 2.37. The van der Waals surface area contributed by atoms with Crippen molar-refractivity contribution in [1.82, 2.24) is 0 Å². The van der Waals surface area contributed by atoms with Gasteiger partial charge < -0.3 is 14.2 Å². The van der Waals surface area contributed by atoms with Gasteiger partial charge in [-0.15, -0.1) is 0 Å². The zero-order chi connectivity index (χ0) is 25.1. The highest BCUT2D eigenvalue weighted by atomic mass is 16.6. The molecule has 3 rings (SSSR count). The Hall–Kier alpha value is -2.75. The van der Waals surface area contributed by atoms with Crippen LogP contribution in [0.2, 0.25) is 0 Å². The number of ether oxygens (including phenoxy) is 3. The third kappa shape index (κ3) is 5.65. The predicted molar refractivity (Wildman–Crippen MR) is 138 cm³/mol. The van der Waals surface area contributed by atoms with E-state index in [4.69, 9.17) is 14.2 Å². The Bertz CT molecular complexity index is 1040. The Labute approximate surface area is 205 Å². The highest BCUT2D eigenvalue weighted by molar-refractivity contribution is 5.91. The van der Waals surface area contributed by atoms with Crippen molar-refractivity contribution in [2.75, 3.05) is 13.2 Å². The Morgan fingerprint density at radius 2 is 1.50 bits per heavy atom. The molecule has 0 fully saturated rings. The van der Waals surface area contributed by atoms with E-state index >= 15 is 0 Å². The molecule has 1 unspecified atom stereocenters. The first kappa shape index (κ1) is 25.9. The van der Waals surface area contributed by atoms with E-state index in [1.54, 1.807) is 13.0 Å². The molecule has 0 N–H and O–H groups in total. The maximum Gasteiger partial charge on any atom is 0.373 e. The number of hydrogen-bond donors (Lipinski definition) is 0. The summed E-state index contributed by atoms with van der Waals surface area (Å²) in [7, 11) is 0. The van der Waals surface area contributed by atoms with E-state index in [0.717, 1.165) is 11.3 Å². The van der Waals surface area contributed by atoms with Gasteiger partial charge in [0.2, 0.25) is 5.76 Å². The molecule has 0 bridgehead atoms. The van der Waals surface area contributed by atoms with Gasteiger partial charge >= 0.3 is 5.97 Å². The van der Waals surface area contributed by atoms with Crippen LogP contribution in [-0.4, -0.2) is 19.2 Å². The minimum atomic E-state index is -0.452. The molecule has 0 aliphatic heterocycles. The number of rotatable bonds is 8. The molecule has 2 aromatic carbocycles. The zero-order valence-electron chi connectivity index (χ0n) is 22.1. The minimum absolute atomic E-state index is 0.0777. The number of fused-ring (bicyclic) bond motifs is 1. The van der Waals surface area contributed by atoms with Gasteiger partial charge in [-0.05, 0) is 97.4 Å². The number of hydrogen-bond acceptors (Lipinski definition) is 4. The largest absolute Gasteiger partial charge is 0.487 e. The molecule has 0 saturated carbocycles. The van der Waals surface area contributed by atoms with Crippen molar-refractivity contribution in [3.05, 3.63) is 70.0 Å². The van der Waals surface area contributed by atoms with Crippen LogP contribution in [0, 0.1) is 6.92 Å². The van der Waals surface area contributed by atoms with Gasteiger partial charge in [-0.25, -0.2) is 4.79 Å². The lowest BCUT2D eigenvalue weighted by atomic mass is 9.62. The van der Waals surface area contributed by atoms with E-state index in [-0.39, 0.29) is 22.7 Å². The second-order valence-corrected chi connectivity index (χ2v) is 10.5. The standard InChI is InChI=1S/C30H40O4/c1-9-32-27(28(31)33-10-2)18-22-11-13-23(14-12-22)34-21(4)24-19-26-25(17-20(24)3)29(5,6)15-16-30(26,7)8/h11-14,17-19,21H,9-10,15-16H2,1-8H3. The molecular weight excluding hydrogens is 424 g/mol. The lowest BCUT2D eigenvalue weighted by Gasteiger charge is -2.42. The molecule has 0 aromatic heterocycles. The van der Waals surface area contributed by atoms with Crippen LogP contribution in [0.1, 0.15) is 95.2 Å². The molecule has 0 amide bonds. The molecule has 0 saturated heterocycles. The van der Waals surface area contributed by atoms with E-state index in [9.17, 15) is 4.79 Å². The molecule has 1 aliphatic carbocycles. The molecule has 34 heavy (non-hydrogen) atoms. The van der Waals surface area contributed by atoms with Crippen LogP contribution in [0.3, 0.4) is 0 Å². The number of esters is 1. The molecule has 4 heteroatoms. The summed E-state index contributed by atoms with van der Waals surface area (Å²) in [6, 6.07) is 12.5. The van der Waals surface area contributed by atoms with Crippen molar-refractivity contribution in [3.8, 4) is 5.75 Å². The number of benzene rings is 2. The average Bonchev–Trinajstić information content (AvgIpc) is 2.78.